The van der Waals surface area contributed by atoms with Crippen LogP contribution in [-0.2, 0) is 11.3 Å². The predicted molar refractivity (Wildman–Crippen MR) is 65.5 cm³/mol. The van der Waals surface area contributed by atoms with Crippen LogP contribution in [0.15, 0.2) is 18.6 Å². The van der Waals surface area contributed by atoms with Gasteiger partial charge >= 0.3 is 0 Å². The van der Waals surface area contributed by atoms with Crippen molar-refractivity contribution in [3.63, 3.8) is 0 Å². The average Bonchev–Trinajstić information content (AvgIpc) is 3.10. The Balaban J connectivity index is 1.60. The number of hydrogen-bond donors (Lipinski definition) is 2. The summed E-state index contributed by atoms with van der Waals surface area (Å²) in [5.41, 5.74) is 0.873. The fourth-order valence-electron chi connectivity index (χ4n) is 2.03. The van der Waals surface area contributed by atoms with Crippen molar-refractivity contribution < 1.29 is 9.53 Å². The van der Waals surface area contributed by atoms with Gasteiger partial charge in [0.2, 0.25) is 0 Å². The first kappa shape index (κ1) is 11.8. The van der Waals surface area contributed by atoms with Crippen LogP contribution in [0.1, 0.15) is 23.3 Å². The molecule has 3 rings (SSSR count). The predicted octanol–water partition coefficient (Wildman–Crippen LogP) is 0.432. The molecule has 3 heterocycles. The Labute approximate surface area is 109 Å². The fourth-order valence-corrected chi connectivity index (χ4v) is 2.03. The Bertz CT molecular complexity index is 543. The summed E-state index contributed by atoms with van der Waals surface area (Å²) in [6.45, 7) is 1.53. The second kappa shape index (κ2) is 5.19. The van der Waals surface area contributed by atoms with Crippen molar-refractivity contribution >= 4 is 11.6 Å². The smallest absolute Gasteiger partial charge is 0.277 e. The lowest BCUT2D eigenvalue weighted by molar-refractivity contribution is 0.0940. The molecule has 2 aromatic rings. The highest BCUT2D eigenvalue weighted by molar-refractivity contribution is 6.02. The molecule has 1 unspecified atom stereocenters. The van der Waals surface area contributed by atoms with E-state index in [2.05, 4.69) is 25.8 Å². The Morgan fingerprint density at radius 3 is 3.26 bits per heavy atom. The van der Waals surface area contributed by atoms with Crippen molar-refractivity contribution in [3.05, 3.63) is 24.3 Å². The molecule has 2 N–H and O–H groups in total. The zero-order valence-corrected chi connectivity index (χ0v) is 10.2. The van der Waals surface area contributed by atoms with Crippen molar-refractivity contribution in [2.75, 3.05) is 11.9 Å². The maximum absolute atomic E-state index is 11.7. The summed E-state index contributed by atoms with van der Waals surface area (Å²) in [7, 11) is 0. The van der Waals surface area contributed by atoms with E-state index in [-0.39, 0.29) is 17.7 Å². The van der Waals surface area contributed by atoms with Gasteiger partial charge in [-0.1, -0.05) is 0 Å². The van der Waals surface area contributed by atoms with Crippen molar-refractivity contribution in [2.24, 2.45) is 0 Å². The number of rotatable bonds is 4. The molecule has 1 saturated heterocycles. The largest absolute Gasteiger partial charge is 0.376 e. The minimum Gasteiger partial charge on any atom is -0.376 e. The summed E-state index contributed by atoms with van der Waals surface area (Å²) in [5, 5.41) is 16.6. The lowest BCUT2D eigenvalue weighted by Crippen LogP contribution is -2.15. The molecular formula is C11H14N6O2. The Hall–Kier alpha value is -2.22. The van der Waals surface area contributed by atoms with Crippen LogP contribution in [-0.4, -0.2) is 43.8 Å². The highest BCUT2D eigenvalue weighted by Gasteiger charge is 2.17. The Morgan fingerprint density at radius 2 is 2.53 bits per heavy atom. The van der Waals surface area contributed by atoms with E-state index in [4.69, 9.17) is 4.74 Å². The molecule has 0 radical (unpaired) electrons. The van der Waals surface area contributed by atoms with E-state index in [1.807, 2.05) is 0 Å². The van der Waals surface area contributed by atoms with Gasteiger partial charge in [-0.05, 0) is 12.8 Å². The fraction of sp³-hybridized carbons (Fsp3) is 0.455. The van der Waals surface area contributed by atoms with Gasteiger partial charge in [0.15, 0.2) is 5.69 Å². The molecule has 2 aromatic heterocycles. The van der Waals surface area contributed by atoms with E-state index >= 15 is 0 Å². The van der Waals surface area contributed by atoms with Crippen LogP contribution in [0.5, 0.6) is 0 Å². The number of H-pyrrole nitrogens is 1. The lowest BCUT2D eigenvalue weighted by Gasteiger charge is -2.08. The SMILES string of the molecule is O=C(Nc1cnn(CC2CCCO2)c1)c1cn[nH]n1. The van der Waals surface area contributed by atoms with Gasteiger partial charge in [0, 0.05) is 12.8 Å². The van der Waals surface area contributed by atoms with Crippen molar-refractivity contribution in [1.29, 1.82) is 0 Å². The van der Waals surface area contributed by atoms with Gasteiger partial charge in [-0.2, -0.15) is 20.5 Å². The van der Waals surface area contributed by atoms with Crippen molar-refractivity contribution in [2.45, 2.75) is 25.5 Å². The first-order valence-corrected chi connectivity index (χ1v) is 6.12. The molecule has 1 aliphatic rings. The van der Waals surface area contributed by atoms with Crippen molar-refractivity contribution in [3.8, 4) is 0 Å². The summed E-state index contributed by atoms with van der Waals surface area (Å²) in [6, 6.07) is 0. The van der Waals surface area contributed by atoms with Gasteiger partial charge in [0.25, 0.3) is 5.91 Å². The van der Waals surface area contributed by atoms with Crippen LogP contribution < -0.4 is 5.32 Å². The Kier molecular flexibility index (Phi) is 3.23. The highest BCUT2D eigenvalue weighted by Crippen LogP contribution is 2.15. The molecule has 1 atom stereocenters. The zero-order chi connectivity index (χ0) is 13.1. The van der Waals surface area contributed by atoms with Crippen molar-refractivity contribution in [1.82, 2.24) is 25.2 Å². The quantitative estimate of drug-likeness (QED) is 0.832. The van der Waals surface area contributed by atoms with Crippen LogP contribution in [0.25, 0.3) is 0 Å². The molecule has 1 fully saturated rings. The van der Waals surface area contributed by atoms with Gasteiger partial charge in [-0.15, -0.1) is 0 Å². The third kappa shape index (κ3) is 2.79. The molecule has 0 aliphatic carbocycles. The molecule has 0 bridgehead atoms. The number of aromatic amines is 1. The number of ether oxygens (including phenoxy) is 1. The molecule has 8 heteroatoms. The monoisotopic (exact) mass is 262 g/mol. The van der Waals surface area contributed by atoms with Gasteiger partial charge in [-0.25, -0.2) is 0 Å². The Morgan fingerprint density at radius 1 is 1.58 bits per heavy atom. The van der Waals surface area contributed by atoms with E-state index < -0.39 is 0 Å². The molecule has 1 amide bonds. The maximum Gasteiger partial charge on any atom is 0.277 e. The summed E-state index contributed by atoms with van der Waals surface area (Å²) in [6.07, 6.45) is 7.12. The first-order valence-electron chi connectivity index (χ1n) is 6.12. The van der Waals surface area contributed by atoms with Crippen LogP contribution in [0, 0.1) is 0 Å². The summed E-state index contributed by atoms with van der Waals surface area (Å²) in [5.74, 6) is -0.314. The third-order valence-electron chi connectivity index (χ3n) is 2.95. The lowest BCUT2D eigenvalue weighted by atomic mass is 10.2. The van der Waals surface area contributed by atoms with E-state index in [9.17, 15) is 4.79 Å². The number of carbonyl (C=O) groups is 1. The molecule has 8 nitrogen and oxygen atoms in total. The number of amides is 1. The summed E-state index contributed by atoms with van der Waals surface area (Å²) >= 11 is 0. The first-order chi connectivity index (χ1) is 9.31. The maximum atomic E-state index is 11.7. The number of nitrogens with one attached hydrogen (secondary N) is 2. The van der Waals surface area contributed by atoms with E-state index in [1.54, 1.807) is 17.1 Å². The number of hydrogen-bond acceptors (Lipinski definition) is 5. The molecule has 0 saturated carbocycles. The normalized spacial score (nSPS) is 18.6. The molecule has 0 spiro atoms. The number of aromatic nitrogens is 5. The van der Waals surface area contributed by atoms with Gasteiger partial charge in [0.05, 0.1) is 30.7 Å². The van der Waals surface area contributed by atoms with Crippen LogP contribution in [0.4, 0.5) is 5.69 Å². The minimum absolute atomic E-state index is 0.221. The van der Waals surface area contributed by atoms with Gasteiger partial charge in [-0.3, -0.25) is 9.48 Å². The van der Waals surface area contributed by atoms with Gasteiger partial charge < -0.3 is 10.1 Å². The second-order valence-electron chi connectivity index (χ2n) is 4.40. The molecule has 1 aliphatic heterocycles. The van der Waals surface area contributed by atoms with E-state index in [0.29, 0.717) is 12.2 Å². The van der Waals surface area contributed by atoms with E-state index in [1.165, 1.54) is 6.20 Å². The van der Waals surface area contributed by atoms with E-state index in [0.717, 1.165) is 19.4 Å². The zero-order valence-electron chi connectivity index (χ0n) is 10.2. The van der Waals surface area contributed by atoms with Gasteiger partial charge in [0.1, 0.15) is 0 Å². The summed E-state index contributed by atoms with van der Waals surface area (Å²) < 4.78 is 7.31. The van der Waals surface area contributed by atoms with Crippen LogP contribution in [0.3, 0.4) is 0 Å². The number of nitrogens with zero attached hydrogens (tertiary/aromatic N) is 4. The second-order valence-corrected chi connectivity index (χ2v) is 4.40. The molecule has 100 valence electrons. The topological polar surface area (TPSA) is 97.7 Å². The standard InChI is InChI=1S/C11H14N6O2/c18-11(10-5-12-16-15-10)14-8-4-13-17(6-8)7-9-2-1-3-19-9/h4-6,9H,1-3,7H2,(H,14,18)(H,12,15,16). The minimum atomic E-state index is -0.314. The third-order valence-corrected chi connectivity index (χ3v) is 2.95. The van der Waals surface area contributed by atoms with Crippen LogP contribution in [0.2, 0.25) is 0 Å². The molecular weight excluding hydrogens is 248 g/mol. The molecule has 0 aromatic carbocycles. The number of anilines is 1. The van der Waals surface area contributed by atoms with Crippen LogP contribution >= 0.6 is 0 Å². The average molecular weight is 262 g/mol. The highest BCUT2D eigenvalue weighted by atomic mass is 16.5. The number of carbonyl (C=O) groups excluding carboxylic acids is 1. The molecule has 19 heavy (non-hydrogen) atoms. The summed E-state index contributed by atoms with van der Waals surface area (Å²) in [4.78, 5) is 11.7.